The van der Waals surface area contributed by atoms with Crippen LogP contribution in [0.5, 0.6) is 0 Å². The Morgan fingerprint density at radius 1 is 1.07 bits per heavy atom. The number of carbonyl (C=O) groups excluding carboxylic acids is 1. The summed E-state index contributed by atoms with van der Waals surface area (Å²) in [7, 11) is 1.54. The number of benzene rings is 2. The van der Waals surface area contributed by atoms with Gasteiger partial charge in [0, 0.05) is 16.8 Å². The van der Waals surface area contributed by atoms with Crippen LogP contribution in [0.1, 0.15) is 50.3 Å². The van der Waals surface area contributed by atoms with E-state index < -0.39 is 0 Å². The highest BCUT2D eigenvalue weighted by Gasteiger charge is 2.14. The highest BCUT2D eigenvalue weighted by molar-refractivity contribution is 7.99. The lowest BCUT2D eigenvalue weighted by atomic mass is 9.92. The molecule has 0 heterocycles. The van der Waals surface area contributed by atoms with Crippen LogP contribution >= 0.6 is 11.8 Å². The maximum absolute atomic E-state index is 10.5. The second-order valence-corrected chi connectivity index (χ2v) is 8.78. The van der Waals surface area contributed by atoms with Crippen LogP contribution in [0, 0.1) is 11.3 Å². The standard InChI is InChI=1S/C17H15NS.C6H13NO2/c18-12-13-4-3-7-16(10-13)19-17-9-8-14-5-1-2-6-15(14)11-17;1-6(2,3)9-5(8)7-4/h3-4,7-11H,1-2,5-6H2;1-4H3,(H,7,8). The lowest BCUT2D eigenvalue weighted by molar-refractivity contribution is 0.0541. The van der Waals surface area contributed by atoms with E-state index in [9.17, 15) is 4.79 Å². The lowest BCUT2D eigenvalue weighted by Gasteiger charge is -2.18. The van der Waals surface area contributed by atoms with Crippen molar-refractivity contribution in [2.45, 2.75) is 61.8 Å². The largest absolute Gasteiger partial charge is 0.444 e. The van der Waals surface area contributed by atoms with Crippen molar-refractivity contribution in [2.75, 3.05) is 7.05 Å². The van der Waals surface area contributed by atoms with Gasteiger partial charge in [-0.1, -0.05) is 23.9 Å². The van der Waals surface area contributed by atoms with E-state index in [0.29, 0.717) is 0 Å². The summed E-state index contributed by atoms with van der Waals surface area (Å²) in [5, 5.41) is 11.3. The first-order valence-corrected chi connectivity index (χ1v) is 10.3. The van der Waals surface area contributed by atoms with Crippen LogP contribution in [0.2, 0.25) is 0 Å². The van der Waals surface area contributed by atoms with Gasteiger partial charge in [0.1, 0.15) is 5.60 Å². The molecule has 28 heavy (non-hydrogen) atoms. The maximum Gasteiger partial charge on any atom is 0.407 e. The molecule has 1 aliphatic carbocycles. The molecular formula is C23H28N2O2S. The SMILES string of the molecule is CNC(=O)OC(C)(C)C.N#Cc1cccc(Sc2ccc3c(c2)CCCC3)c1. The third-order valence-electron chi connectivity index (χ3n) is 4.12. The average Bonchev–Trinajstić information content (AvgIpc) is 2.67. The van der Waals surface area contributed by atoms with E-state index in [1.807, 2.05) is 39.0 Å². The fraction of sp³-hybridized carbons (Fsp3) is 0.391. The van der Waals surface area contributed by atoms with Gasteiger partial charge in [-0.15, -0.1) is 0 Å². The summed E-state index contributed by atoms with van der Waals surface area (Å²) in [6, 6.07) is 16.8. The Kier molecular flexibility index (Phi) is 7.95. The van der Waals surface area contributed by atoms with Crippen molar-refractivity contribution in [3.05, 3.63) is 59.2 Å². The van der Waals surface area contributed by atoms with Gasteiger partial charge in [0.15, 0.2) is 0 Å². The molecular weight excluding hydrogens is 368 g/mol. The number of alkyl carbamates (subject to hydrolysis) is 1. The Morgan fingerprint density at radius 2 is 1.75 bits per heavy atom. The number of amides is 1. The zero-order chi connectivity index (χ0) is 20.6. The molecule has 0 spiro atoms. The predicted octanol–water partition coefficient (Wildman–Crippen LogP) is 5.73. The van der Waals surface area contributed by atoms with Crippen molar-refractivity contribution < 1.29 is 9.53 Å². The molecule has 0 fully saturated rings. The number of rotatable bonds is 2. The third-order valence-corrected chi connectivity index (χ3v) is 5.10. The number of nitriles is 1. The van der Waals surface area contributed by atoms with Gasteiger partial charge in [-0.3, -0.25) is 0 Å². The van der Waals surface area contributed by atoms with Gasteiger partial charge in [0.05, 0.1) is 11.6 Å². The Bertz CT molecular complexity index is 850. The van der Waals surface area contributed by atoms with Crippen molar-refractivity contribution >= 4 is 17.9 Å². The quantitative estimate of drug-likeness (QED) is 0.704. The summed E-state index contributed by atoms with van der Waals surface area (Å²) >= 11 is 1.74. The maximum atomic E-state index is 10.5. The van der Waals surface area contributed by atoms with Crippen LogP contribution in [-0.2, 0) is 17.6 Å². The lowest BCUT2D eigenvalue weighted by Crippen LogP contribution is -2.30. The first-order chi connectivity index (χ1) is 13.3. The van der Waals surface area contributed by atoms with Crippen LogP contribution in [0.4, 0.5) is 4.79 Å². The summed E-state index contributed by atoms with van der Waals surface area (Å²) in [6.45, 7) is 5.46. The van der Waals surface area contributed by atoms with Gasteiger partial charge in [-0.05, 0) is 87.9 Å². The molecule has 0 unspecified atom stereocenters. The zero-order valence-electron chi connectivity index (χ0n) is 17.0. The smallest absolute Gasteiger partial charge is 0.407 e. The molecule has 2 aromatic carbocycles. The van der Waals surface area contributed by atoms with Crippen molar-refractivity contribution in [3.63, 3.8) is 0 Å². The fourth-order valence-electron chi connectivity index (χ4n) is 2.87. The summed E-state index contributed by atoms with van der Waals surface area (Å²) in [6.07, 6.45) is 4.68. The third kappa shape index (κ3) is 7.28. The molecule has 4 nitrogen and oxygen atoms in total. The van der Waals surface area contributed by atoms with Gasteiger partial charge in [-0.2, -0.15) is 5.26 Å². The van der Waals surface area contributed by atoms with Crippen LogP contribution in [-0.4, -0.2) is 18.7 Å². The van der Waals surface area contributed by atoms with Gasteiger partial charge < -0.3 is 10.1 Å². The number of aryl methyl sites for hydroxylation is 2. The number of ether oxygens (including phenoxy) is 1. The normalized spacial score (nSPS) is 12.7. The molecule has 0 saturated heterocycles. The van der Waals surface area contributed by atoms with E-state index in [1.54, 1.807) is 11.8 Å². The van der Waals surface area contributed by atoms with E-state index in [0.717, 1.165) is 10.5 Å². The minimum atomic E-state index is -0.389. The minimum absolute atomic E-state index is 0.387. The predicted molar refractivity (Wildman–Crippen MR) is 114 cm³/mol. The van der Waals surface area contributed by atoms with E-state index in [2.05, 4.69) is 35.7 Å². The van der Waals surface area contributed by atoms with Crippen LogP contribution in [0.25, 0.3) is 0 Å². The summed E-state index contributed by atoms with van der Waals surface area (Å²) in [5.74, 6) is 0. The van der Waals surface area contributed by atoms with Crippen LogP contribution in [0.15, 0.2) is 52.3 Å². The van der Waals surface area contributed by atoms with Gasteiger partial charge in [0.25, 0.3) is 0 Å². The minimum Gasteiger partial charge on any atom is -0.444 e. The van der Waals surface area contributed by atoms with Crippen molar-refractivity contribution in [1.82, 2.24) is 5.32 Å². The zero-order valence-corrected chi connectivity index (χ0v) is 17.9. The van der Waals surface area contributed by atoms with Crippen LogP contribution in [0.3, 0.4) is 0 Å². The number of nitrogens with zero attached hydrogens (tertiary/aromatic N) is 1. The topological polar surface area (TPSA) is 62.1 Å². The molecule has 1 aliphatic rings. The van der Waals surface area contributed by atoms with Gasteiger partial charge in [-0.25, -0.2) is 4.79 Å². The highest BCUT2D eigenvalue weighted by atomic mass is 32.2. The van der Waals surface area contributed by atoms with Crippen molar-refractivity contribution in [1.29, 1.82) is 5.26 Å². The first-order valence-electron chi connectivity index (χ1n) is 9.51. The van der Waals surface area contributed by atoms with Gasteiger partial charge >= 0.3 is 6.09 Å². The fourth-order valence-corrected chi connectivity index (χ4v) is 3.81. The Hall–Kier alpha value is -2.45. The molecule has 3 rings (SSSR count). The van der Waals surface area contributed by atoms with Crippen molar-refractivity contribution in [3.8, 4) is 6.07 Å². The molecule has 0 aromatic heterocycles. The molecule has 0 bridgehead atoms. The number of carbonyl (C=O) groups is 1. The van der Waals surface area contributed by atoms with Crippen molar-refractivity contribution in [2.24, 2.45) is 0 Å². The summed E-state index contributed by atoms with van der Waals surface area (Å²) in [4.78, 5) is 12.9. The number of nitrogens with one attached hydrogen (secondary N) is 1. The highest BCUT2D eigenvalue weighted by Crippen LogP contribution is 2.31. The molecule has 0 aliphatic heterocycles. The Balaban J connectivity index is 0.000000266. The van der Waals surface area contributed by atoms with E-state index in [4.69, 9.17) is 10.00 Å². The molecule has 1 amide bonds. The molecule has 148 valence electrons. The monoisotopic (exact) mass is 396 g/mol. The molecule has 0 radical (unpaired) electrons. The van der Waals surface area contributed by atoms with E-state index >= 15 is 0 Å². The second-order valence-electron chi connectivity index (χ2n) is 7.63. The number of hydrogen-bond acceptors (Lipinski definition) is 4. The molecule has 5 heteroatoms. The first kappa shape index (κ1) is 21.8. The molecule has 0 saturated carbocycles. The Labute approximate surface area is 172 Å². The Morgan fingerprint density at radius 3 is 2.36 bits per heavy atom. The van der Waals surface area contributed by atoms with E-state index in [1.165, 1.54) is 48.8 Å². The summed E-state index contributed by atoms with van der Waals surface area (Å²) in [5.41, 5.74) is 3.36. The molecule has 1 N–H and O–H groups in total. The summed E-state index contributed by atoms with van der Waals surface area (Å²) < 4.78 is 4.84. The second kappa shape index (κ2) is 10.2. The van der Waals surface area contributed by atoms with E-state index in [-0.39, 0.29) is 11.7 Å². The van der Waals surface area contributed by atoms with Gasteiger partial charge in [0.2, 0.25) is 0 Å². The molecule has 2 aromatic rings. The number of hydrogen-bond donors (Lipinski definition) is 1. The van der Waals surface area contributed by atoms with Crippen LogP contribution < -0.4 is 5.32 Å². The molecule has 0 atom stereocenters. The number of fused-ring (bicyclic) bond motifs is 1. The average molecular weight is 397 g/mol.